The minimum Gasteiger partial charge on any atom is -0.456 e. The summed E-state index contributed by atoms with van der Waals surface area (Å²) in [7, 11) is 0. The van der Waals surface area contributed by atoms with Gasteiger partial charge in [0.1, 0.15) is 11.2 Å². The zero-order chi connectivity index (χ0) is 16.5. The molecule has 1 aromatic heterocycles. The Morgan fingerprint density at radius 2 is 2.04 bits per heavy atom. The number of fused-ring (bicyclic) bond motifs is 3. The van der Waals surface area contributed by atoms with E-state index in [1.165, 1.54) is 12.8 Å². The van der Waals surface area contributed by atoms with Crippen LogP contribution in [0.3, 0.4) is 0 Å². The lowest BCUT2D eigenvalue weighted by atomic mass is 10.0. The third kappa shape index (κ3) is 3.02. The number of para-hydroxylation sites is 1. The number of hydrogen-bond acceptors (Lipinski definition) is 3. The van der Waals surface area contributed by atoms with Gasteiger partial charge in [0, 0.05) is 23.0 Å². The first kappa shape index (κ1) is 15.2. The fourth-order valence-electron chi connectivity index (χ4n) is 3.64. The van der Waals surface area contributed by atoms with Crippen LogP contribution in [0.2, 0.25) is 0 Å². The molecule has 124 valence electrons. The summed E-state index contributed by atoms with van der Waals surface area (Å²) in [6.07, 6.45) is 2.45. The second kappa shape index (κ2) is 6.29. The molecule has 1 fully saturated rings. The first-order chi connectivity index (χ1) is 11.7. The summed E-state index contributed by atoms with van der Waals surface area (Å²) in [6, 6.07) is 13.8. The smallest absolute Gasteiger partial charge is 0.238 e. The van der Waals surface area contributed by atoms with E-state index >= 15 is 0 Å². The summed E-state index contributed by atoms with van der Waals surface area (Å²) in [4.78, 5) is 14.6. The molecule has 4 rings (SSSR count). The lowest BCUT2D eigenvalue weighted by Crippen LogP contribution is -2.39. The molecule has 3 aromatic rings. The van der Waals surface area contributed by atoms with Crippen LogP contribution in [0.25, 0.3) is 21.9 Å². The molecular weight excluding hydrogens is 300 g/mol. The molecule has 4 nitrogen and oxygen atoms in total. The molecule has 2 aromatic carbocycles. The van der Waals surface area contributed by atoms with Gasteiger partial charge in [-0.2, -0.15) is 0 Å². The molecule has 1 saturated heterocycles. The van der Waals surface area contributed by atoms with E-state index in [-0.39, 0.29) is 5.91 Å². The second-order valence-electron chi connectivity index (χ2n) is 6.84. The van der Waals surface area contributed by atoms with Crippen molar-refractivity contribution in [2.75, 3.05) is 25.0 Å². The highest BCUT2D eigenvalue weighted by Gasteiger charge is 2.18. The fourth-order valence-corrected chi connectivity index (χ4v) is 3.64. The maximum absolute atomic E-state index is 12.3. The van der Waals surface area contributed by atoms with Crippen molar-refractivity contribution >= 4 is 33.5 Å². The molecule has 1 atom stereocenters. The summed E-state index contributed by atoms with van der Waals surface area (Å²) in [5.41, 5.74) is 2.54. The largest absolute Gasteiger partial charge is 0.456 e. The van der Waals surface area contributed by atoms with E-state index in [4.69, 9.17) is 4.42 Å². The van der Waals surface area contributed by atoms with Crippen molar-refractivity contribution in [1.82, 2.24) is 4.90 Å². The van der Waals surface area contributed by atoms with Gasteiger partial charge in [0.05, 0.1) is 6.54 Å². The average molecular weight is 322 g/mol. The Morgan fingerprint density at radius 3 is 2.92 bits per heavy atom. The molecule has 0 spiro atoms. The van der Waals surface area contributed by atoms with Crippen molar-refractivity contribution in [3.05, 3.63) is 42.5 Å². The van der Waals surface area contributed by atoms with Crippen molar-refractivity contribution in [3.63, 3.8) is 0 Å². The number of carbonyl (C=O) groups is 1. The second-order valence-corrected chi connectivity index (χ2v) is 6.84. The van der Waals surface area contributed by atoms with Gasteiger partial charge in [-0.1, -0.05) is 25.1 Å². The monoisotopic (exact) mass is 322 g/mol. The normalized spacial score (nSPS) is 19.0. The summed E-state index contributed by atoms with van der Waals surface area (Å²) < 4.78 is 5.82. The molecule has 0 unspecified atom stereocenters. The number of anilines is 1. The molecule has 0 radical (unpaired) electrons. The number of rotatable bonds is 3. The van der Waals surface area contributed by atoms with Crippen LogP contribution in [0.1, 0.15) is 19.8 Å². The SMILES string of the molecule is C[C@@H]1CCCN(CC(=O)Nc2ccc3oc4ccccc4c3c2)C1. The predicted octanol–water partition coefficient (Wildman–Crippen LogP) is 4.26. The third-order valence-corrected chi connectivity index (χ3v) is 4.77. The van der Waals surface area contributed by atoms with Gasteiger partial charge in [0.2, 0.25) is 5.91 Å². The van der Waals surface area contributed by atoms with Crippen molar-refractivity contribution < 1.29 is 9.21 Å². The van der Waals surface area contributed by atoms with Gasteiger partial charge >= 0.3 is 0 Å². The van der Waals surface area contributed by atoms with Crippen LogP contribution in [0.4, 0.5) is 5.69 Å². The molecule has 0 bridgehead atoms. The molecule has 1 N–H and O–H groups in total. The fraction of sp³-hybridized carbons (Fsp3) is 0.350. The summed E-state index contributed by atoms with van der Waals surface area (Å²) in [6.45, 7) is 4.75. The van der Waals surface area contributed by atoms with Crippen LogP contribution in [0, 0.1) is 5.92 Å². The molecule has 1 aliphatic rings. The number of benzene rings is 2. The Labute approximate surface area is 141 Å². The maximum atomic E-state index is 12.3. The first-order valence-electron chi connectivity index (χ1n) is 8.62. The van der Waals surface area contributed by atoms with Gasteiger partial charge in [0.25, 0.3) is 0 Å². The van der Waals surface area contributed by atoms with E-state index in [0.29, 0.717) is 12.5 Å². The van der Waals surface area contributed by atoms with E-state index in [1.807, 2.05) is 42.5 Å². The number of piperidine rings is 1. The van der Waals surface area contributed by atoms with E-state index in [1.54, 1.807) is 0 Å². The Kier molecular flexibility index (Phi) is 3.98. The third-order valence-electron chi connectivity index (χ3n) is 4.77. The molecule has 0 aliphatic carbocycles. The zero-order valence-corrected chi connectivity index (χ0v) is 13.9. The molecule has 24 heavy (non-hydrogen) atoms. The minimum atomic E-state index is 0.0521. The van der Waals surface area contributed by atoms with Crippen LogP contribution >= 0.6 is 0 Å². The van der Waals surface area contributed by atoms with Gasteiger partial charge < -0.3 is 9.73 Å². The molecular formula is C20H22N2O2. The standard InChI is InChI=1S/C20H22N2O2/c1-14-5-4-10-22(12-14)13-20(23)21-15-8-9-19-17(11-15)16-6-2-3-7-18(16)24-19/h2-3,6-9,11,14H,4-5,10,12-13H2,1H3,(H,21,23)/t14-/m1/s1. The van der Waals surface area contributed by atoms with Crippen molar-refractivity contribution in [1.29, 1.82) is 0 Å². The summed E-state index contributed by atoms with van der Waals surface area (Å²) in [5, 5.41) is 5.14. The Bertz CT molecular complexity index is 884. The Balaban J connectivity index is 1.51. The highest BCUT2D eigenvalue weighted by molar-refractivity contribution is 6.07. The molecule has 4 heteroatoms. The average Bonchev–Trinajstić information content (AvgIpc) is 2.93. The van der Waals surface area contributed by atoms with Gasteiger partial charge in [-0.05, 0) is 49.6 Å². The van der Waals surface area contributed by atoms with Crippen LogP contribution in [-0.2, 0) is 4.79 Å². The Morgan fingerprint density at radius 1 is 1.21 bits per heavy atom. The molecule has 2 heterocycles. The van der Waals surface area contributed by atoms with E-state index in [9.17, 15) is 4.79 Å². The number of amides is 1. The topological polar surface area (TPSA) is 45.5 Å². The van der Waals surface area contributed by atoms with Crippen LogP contribution in [-0.4, -0.2) is 30.4 Å². The molecule has 1 amide bonds. The molecule has 1 aliphatic heterocycles. The lowest BCUT2D eigenvalue weighted by molar-refractivity contribution is -0.117. The summed E-state index contributed by atoms with van der Waals surface area (Å²) >= 11 is 0. The maximum Gasteiger partial charge on any atom is 0.238 e. The number of nitrogens with one attached hydrogen (secondary N) is 1. The Hall–Kier alpha value is -2.33. The van der Waals surface area contributed by atoms with Crippen molar-refractivity contribution in [3.8, 4) is 0 Å². The van der Waals surface area contributed by atoms with Crippen molar-refractivity contribution in [2.45, 2.75) is 19.8 Å². The number of carbonyl (C=O) groups excluding carboxylic acids is 1. The van der Waals surface area contributed by atoms with E-state index < -0.39 is 0 Å². The van der Waals surface area contributed by atoms with Gasteiger partial charge in [-0.3, -0.25) is 9.69 Å². The highest BCUT2D eigenvalue weighted by Crippen LogP contribution is 2.30. The van der Waals surface area contributed by atoms with E-state index in [2.05, 4.69) is 17.1 Å². The predicted molar refractivity (Wildman–Crippen MR) is 97.2 cm³/mol. The van der Waals surface area contributed by atoms with Crippen LogP contribution in [0.5, 0.6) is 0 Å². The zero-order valence-electron chi connectivity index (χ0n) is 13.9. The first-order valence-corrected chi connectivity index (χ1v) is 8.62. The number of likely N-dealkylation sites (tertiary alicyclic amines) is 1. The van der Waals surface area contributed by atoms with Crippen LogP contribution < -0.4 is 5.32 Å². The molecule has 0 saturated carbocycles. The quantitative estimate of drug-likeness (QED) is 0.784. The number of hydrogen-bond donors (Lipinski definition) is 1. The van der Waals surface area contributed by atoms with Gasteiger partial charge in [-0.25, -0.2) is 0 Å². The summed E-state index contributed by atoms with van der Waals surface area (Å²) in [5.74, 6) is 0.733. The lowest BCUT2D eigenvalue weighted by Gasteiger charge is -2.30. The van der Waals surface area contributed by atoms with Crippen LogP contribution in [0.15, 0.2) is 46.9 Å². The van der Waals surface area contributed by atoms with E-state index in [0.717, 1.165) is 40.7 Å². The van der Waals surface area contributed by atoms with Crippen molar-refractivity contribution in [2.24, 2.45) is 5.92 Å². The van der Waals surface area contributed by atoms with Gasteiger partial charge in [-0.15, -0.1) is 0 Å². The number of furan rings is 1. The highest BCUT2D eigenvalue weighted by atomic mass is 16.3. The number of nitrogens with zero attached hydrogens (tertiary/aromatic N) is 1. The van der Waals surface area contributed by atoms with Gasteiger partial charge in [0.15, 0.2) is 0 Å². The minimum absolute atomic E-state index is 0.0521.